The summed E-state index contributed by atoms with van der Waals surface area (Å²) in [5, 5.41) is 21.9. The second-order valence-corrected chi connectivity index (χ2v) is 2.85. The molecule has 0 aromatic rings. The van der Waals surface area contributed by atoms with Crippen molar-refractivity contribution in [1.29, 1.82) is 0 Å². The van der Waals surface area contributed by atoms with Crippen molar-refractivity contribution in [3.63, 3.8) is 0 Å². The molecular weight excluding hydrogens is 158 g/mol. The van der Waals surface area contributed by atoms with Crippen molar-refractivity contribution in [3.05, 3.63) is 22.6 Å². The van der Waals surface area contributed by atoms with Gasteiger partial charge in [0.2, 0.25) is 0 Å². The summed E-state index contributed by atoms with van der Waals surface area (Å²) in [5.41, 5.74) is 8.16. The first-order valence-electron chi connectivity index (χ1n) is 3.81. The van der Waals surface area contributed by atoms with E-state index in [0.29, 0.717) is 12.8 Å². The van der Waals surface area contributed by atoms with Crippen LogP contribution in [-0.4, -0.2) is 28.5 Å². The molecule has 0 aliphatic heterocycles. The lowest BCUT2D eigenvalue weighted by Crippen LogP contribution is -2.15. The van der Waals surface area contributed by atoms with E-state index in [9.17, 15) is 10.2 Å². The third-order valence-electron chi connectivity index (χ3n) is 1.80. The first-order chi connectivity index (χ1) is 5.72. The Kier molecular flexibility index (Phi) is 3.10. The van der Waals surface area contributed by atoms with E-state index in [1.54, 1.807) is 0 Å². The number of aliphatic hydroxyl groups excluding tert-OH is 2. The van der Waals surface area contributed by atoms with Gasteiger partial charge in [0.25, 0.3) is 0 Å². The van der Waals surface area contributed by atoms with Crippen molar-refractivity contribution >= 4 is 0 Å². The van der Waals surface area contributed by atoms with Crippen LogP contribution in [0.15, 0.2) is 17.3 Å². The molecule has 0 bridgehead atoms. The predicted molar refractivity (Wildman–Crippen MR) is 43.3 cm³/mol. The Hall–Kier alpha value is -1.03. The summed E-state index contributed by atoms with van der Waals surface area (Å²) < 4.78 is 0. The van der Waals surface area contributed by atoms with Gasteiger partial charge in [0.05, 0.1) is 12.2 Å². The molecule has 0 saturated heterocycles. The molecule has 1 aliphatic carbocycles. The van der Waals surface area contributed by atoms with Crippen molar-refractivity contribution < 1.29 is 10.2 Å². The van der Waals surface area contributed by atoms with Crippen LogP contribution in [0, 0.1) is 0 Å². The Balaban J connectivity index is 2.63. The Morgan fingerprint density at radius 1 is 1.25 bits per heavy atom. The van der Waals surface area contributed by atoms with Gasteiger partial charge in [0.1, 0.15) is 0 Å². The zero-order valence-corrected chi connectivity index (χ0v) is 6.54. The highest BCUT2D eigenvalue weighted by Gasteiger charge is 2.18. The van der Waals surface area contributed by atoms with Gasteiger partial charge in [-0.05, 0) is 18.4 Å². The molecule has 0 amide bonds. The average Bonchev–Trinajstić information content (AvgIpc) is 2.14. The highest BCUT2D eigenvalue weighted by atomic mass is 16.3. The fourth-order valence-electron chi connectivity index (χ4n) is 1.23. The maximum Gasteiger partial charge on any atom is 0.0725 e. The molecular formula is C7H11N3O2. The Morgan fingerprint density at radius 2 is 1.75 bits per heavy atom. The van der Waals surface area contributed by atoms with Crippen LogP contribution in [0.25, 0.3) is 10.4 Å². The van der Waals surface area contributed by atoms with Crippen LogP contribution >= 0.6 is 0 Å². The Bertz CT molecular complexity index is 209. The number of azide groups is 1. The highest BCUT2D eigenvalue weighted by Crippen LogP contribution is 2.15. The van der Waals surface area contributed by atoms with Crippen LogP contribution in [0.1, 0.15) is 12.8 Å². The van der Waals surface area contributed by atoms with E-state index in [0.717, 1.165) is 0 Å². The zero-order valence-electron chi connectivity index (χ0n) is 6.54. The molecule has 12 heavy (non-hydrogen) atoms. The van der Waals surface area contributed by atoms with Crippen LogP contribution in [0.3, 0.4) is 0 Å². The lowest BCUT2D eigenvalue weighted by atomic mass is 10.1. The Labute approximate surface area is 70.0 Å². The van der Waals surface area contributed by atoms with Gasteiger partial charge in [-0.1, -0.05) is 17.3 Å². The fraction of sp³-hybridized carbons (Fsp3) is 0.714. The lowest BCUT2D eigenvalue weighted by Gasteiger charge is -2.10. The molecule has 5 heteroatoms. The van der Waals surface area contributed by atoms with Gasteiger partial charge in [-0.25, -0.2) is 0 Å². The van der Waals surface area contributed by atoms with Gasteiger partial charge in [-0.3, -0.25) is 0 Å². The quantitative estimate of drug-likeness (QED) is 0.262. The van der Waals surface area contributed by atoms with Crippen LogP contribution in [0.4, 0.5) is 0 Å². The number of nitrogens with zero attached hydrogens (tertiary/aromatic N) is 3. The lowest BCUT2D eigenvalue weighted by molar-refractivity contribution is 0.184. The van der Waals surface area contributed by atoms with E-state index in [1.807, 2.05) is 0 Å². The molecule has 1 rings (SSSR count). The summed E-state index contributed by atoms with van der Waals surface area (Å²) >= 11 is 0. The molecule has 0 aromatic carbocycles. The smallest absolute Gasteiger partial charge is 0.0725 e. The molecule has 3 atom stereocenters. The maximum atomic E-state index is 9.22. The van der Waals surface area contributed by atoms with Crippen molar-refractivity contribution in [2.24, 2.45) is 5.11 Å². The topological polar surface area (TPSA) is 89.2 Å². The Morgan fingerprint density at radius 3 is 2.17 bits per heavy atom. The van der Waals surface area contributed by atoms with E-state index in [-0.39, 0.29) is 6.04 Å². The molecule has 5 nitrogen and oxygen atoms in total. The van der Waals surface area contributed by atoms with Crippen molar-refractivity contribution in [1.82, 2.24) is 0 Å². The predicted octanol–water partition coefficient (Wildman–Crippen LogP) is 0.737. The van der Waals surface area contributed by atoms with E-state index < -0.39 is 12.2 Å². The highest BCUT2D eigenvalue weighted by molar-refractivity contribution is 5.00. The molecule has 0 radical (unpaired) electrons. The summed E-state index contributed by atoms with van der Waals surface area (Å²) in [5.74, 6) is 0. The van der Waals surface area contributed by atoms with E-state index >= 15 is 0 Å². The average molecular weight is 169 g/mol. The van der Waals surface area contributed by atoms with Gasteiger partial charge in [0.15, 0.2) is 0 Å². The van der Waals surface area contributed by atoms with Crippen LogP contribution in [0.5, 0.6) is 0 Å². The molecule has 0 spiro atoms. The molecule has 0 heterocycles. The van der Waals surface area contributed by atoms with Crippen LogP contribution < -0.4 is 0 Å². The standard InChI is InChI=1S/C7H11N3O2/c8-10-9-5-3-6(11)1-2-7(12)4-5/h1-2,5-7,11-12H,3-4H2/t5?,6-,7+. The molecule has 1 aliphatic rings. The van der Waals surface area contributed by atoms with E-state index in [2.05, 4.69) is 10.0 Å². The van der Waals surface area contributed by atoms with E-state index in [1.165, 1.54) is 12.2 Å². The first kappa shape index (κ1) is 9.06. The van der Waals surface area contributed by atoms with Crippen LogP contribution in [0.2, 0.25) is 0 Å². The van der Waals surface area contributed by atoms with Gasteiger partial charge in [-0.2, -0.15) is 0 Å². The second kappa shape index (κ2) is 4.11. The summed E-state index contributed by atoms with van der Waals surface area (Å²) in [6.45, 7) is 0. The molecule has 2 N–H and O–H groups in total. The third kappa shape index (κ3) is 2.54. The van der Waals surface area contributed by atoms with Crippen molar-refractivity contribution in [2.75, 3.05) is 0 Å². The summed E-state index contributed by atoms with van der Waals surface area (Å²) in [6.07, 6.45) is 2.60. The third-order valence-corrected chi connectivity index (χ3v) is 1.80. The van der Waals surface area contributed by atoms with Gasteiger partial charge in [-0.15, -0.1) is 0 Å². The molecule has 0 saturated carbocycles. The molecule has 1 unspecified atom stereocenters. The molecule has 0 aromatic heterocycles. The first-order valence-corrected chi connectivity index (χ1v) is 3.81. The van der Waals surface area contributed by atoms with Gasteiger partial charge in [0, 0.05) is 11.0 Å². The fourth-order valence-corrected chi connectivity index (χ4v) is 1.23. The summed E-state index contributed by atoms with van der Waals surface area (Å²) in [6, 6.07) is -0.310. The number of hydrogen-bond acceptors (Lipinski definition) is 3. The monoisotopic (exact) mass is 169 g/mol. The minimum atomic E-state index is -0.613. The normalized spacial score (nSPS) is 35.3. The van der Waals surface area contributed by atoms with Crippen LogP contribution in [-0.2, 0) is 0 Å². The van der Waals surface area contributed by atoms with Crippen molar-refractivity contribution in [3.8, 4) is 0 Å². The minimum Gasteiger partial charge on any atom is -0.389 e. The number of rotatable bonds is 1. The number of aliphatic hydroxyl groups is 2. The minimum absolute atomic E-state index is 0.310. The summed E-state index contributed by atoms with van der Waals surface area (Å²) in [4.78, 5) is 2.64. The largest absolute Gasteiger partial charge is 0.389 e. The van der Waals surface area contributed by atoms with E-state index in [4.69, 9.17) is 5.53 Å². The van der Waals surface area contributed by atoms with Gasteiger partial charge >= 0.3 is 0 Å². The maximum absolute atomic E-state index is 9.22. The molecule has 66 valence electrons. The number of hydrogen-bond donors (Lipinski definition) is 2. The SMILES string of the molecule is [N-]=[N+]=NC1C[C@H](O)C=C[C@H](O)C1. The summed E-state index contributed by atoms with van der Waals surface area (Å²) in [7, 11) is 0. The van der Waals surface area contributed by atoms with Gasteiger partial charge < -0.3 is 10.2 Å². The zero-order chi connectivity index (χ0) is 8.97. The van der Waals surface area contributed by atoms with Crippen molar-refractivity contribution in [2.45, 2.75) is 31.1 Å². The second-order valence-electron chi connectivity index (χ2n) is 2.85. The molecule has 0 fully saturated rings.